The van der Waals surface area contributed by atoms with Crippen molar-refractivity contribution in [2.24, 2.45) is 5.92 Å². The van der Waals surface area contributed by atoms with Crippen molar-refractivity contribution in [3.05, 3.63) is 63.6 Å². The molecule has 0 bridgehead atoms. The van der Waals surface area contributed by atoms with Gasteiger partial charge in [-0.05, 0) is 74.2 Å². The van der Waals surface area contributed by atoms with Gasteiger partial charge in [-0.1, -0.05) is 22.0 Å². The molecule has 3 rings (SSSR count). The van der Waals surface area contributed by atoms with E-state index >= 15 is 0 Å². The number of nitrogens with zero attached hydrogens (tertiary/aromatic N) is 1. The third-order valence-electron chi connectivity index (χ3n) is 5.02. The highest BCUT2D eigenvalue weighted by molar-refractivity contribution is 9.10. The highest BCUT2D eigenvalue weighted by atomic mass is 79.9. The molecule has 26 heavy (non-hydrogen) atoms. The van der Waals surface area contributed by atoms with Crippen molar-refractivity contribution in [3.63, 3.8) is 0 Å². The Bertz CT molecular complexity index is 809. The monoisotopic (exact) mass is 414 g/mol. The van der Waals surface area contributed by atoms with E-state index in [9.17, 15) is 9.59 Å². The molecule has 4 nitrogen and oxygen atoms in total. The number of aryl methyl sites for hydroxylation is 2. The summed E-state index contributed by atoms with van der Waals surface area (Å²) in [5, 5.41) is 3.01. The predicted molar refractivity (Wildman–Crippen MR) is 107 cm³/mol. The van der Waals surface area contributed by atoms with Gasteiger partial charge in [0.25, 0.3) is 5.91 Å². The molecule has 1 aliphatic rings. The number of hydrogen-bond acceptors (Lipinski definition) is 2. The Morgan fingerprint density at radius 1 is 1.00 bits per heavy atom. The molecule has 0 saturated carbocycles. The zero-order valence-corrected chi connectivity index (χ0v) is 16.7. The van der Waals surface area contributed by atoms with Crippen molar-refractivity contribution in [2.45, 2.75) is 26.7 Å². The molecule has 0 unspecified atom stereocenters. The van der Waals surface area contributed by atoms with E-state index in [1.165, 1.54) is 5.56 Å². The number of hydrogen-bond donors (Lipinski definition) is 1. The highest BCUT2D eigenvalue weighted by Crippen LogP contribution is 2.22. The summed E-state index contributed by atoms with van der Waals surface area (Å²) in [5.74, 6) is 0.0279. The van der Waals surface area contributed by atoms with Crippen molar-refractivity contribution < 1.29 is 9.59 Å². The van der Waals surface area contributed by atoms with Crippen molar-refractivity contribution in [3.8, 4) is 0 Å². The third kappa shape index (κ3) is 4.33. The van der Waals surface area contributed by atoms with E-state index in [2.05, 4.69) is 28.2 Å². The van der Waals surface area contributed by atoms with Gasteiger partial charge in [-0.3, -0.25) is 9.59 Å². The van der Waals surface area contributed by atoms with Gasteiger partial charge in [-0.15, -0.1) is 0 Å². The van der Waals surface area contributed by atoms with E-state index in [0.717, 1.165) is 15.7 Å². The first kappa shape index (κ1) is 18.6. The molecule has 1 N–H and O–H groups in total. The van der Waals surface area contributed by atoms with E-state index in [-0.39, 0.29) is 17.7 Å². The second-order valence-corrected chi connectivity index (χ2v) is 7.78. The van der Waals surface area contributed by atoms with Gasteiger partial charge in [-0.25, -0.2) is 0 Å². The molecule has 1 aliphatic heterocycles. The standard InChI is InChI=1S/C21H23BrN2O2/c1-14-3-8-19(13-15(14)2)23-20(25)16-9-11-24(12-10-16)21(26)17-4-6-18(22)7-5-17/h3-8,13,16H,9-12H2,1-2H3,(H,23,25). The van der Waals surface area contributed by atoms with Crippen molar-refractivity contribution in [1.82, 2.24) is 4.90 Å². The Kier molecular flexibility index (Phi) is 5.77. The summed E-state index contributed by atoms with van der Waals surface area (Å²) in [6, 6.07) is 13.3. The summed E-state index contributed by atoms with van der Waals surface area (Å²) in [4.78, 5) is 26.9. The van der Waals surface area contributed by atoms with E-state index in [0.29, 0.717) is 31.5 Å². The summed E-state index contributed by atoms with van der Waals surface area (Å²) in [5.41, 5.74) is 3.90. The molecule has 2 aromatic rings. The van der Waals surface area contributed by atoms with Crippen LogP contribution in [0.4, 0.5) is 5.69 Å². The van der Waals surface area contributed by atoms with Crippen molar-refractivity contribution in [1.29, 1.82) is 0 Å². The van der Waals surface area contributed by atoms with E-state index in [1.807, 2.05) is 54.3 Å². The topological polar surface area (TPSA) is 49.4 Å². The quantitative estimate of drug-likeness (QED) is 0.799. The van der Waals surface area contributed by atoms with Crippen LogP contribution < -0.4 is 5.32 Å². The van der Waals surface area contributed by atoms with Gasteiger partial charge in [0.05, 0.1) is 0 Å². The summed E-state index contributed by atoms with van der Waals surface area (Å²) in [7, 11) is 0. The Morgan fingerprint density at radius 2 is 1.65 bits per heavy atom. The van der Waals surface area contributed by atoms with E-state index in [4.69, 9.17) is 0 Å². The molecule has 0 radical (unpaired) electrons. The molecular formula is C21H23BrN2O2. The third-order valence-corrected chi connectivity index (χ3v) is 5.55. The first-order chi connectivity index (χ1) is 12.4. The van der Waals surface area contributed by atoms with Crippen LogP contribution in [0.15, 0.2) is 46.9 Å². The Morgan fingerprint density at radius 3 is 2.27 bits per heavy atom. The minimum absolute atomic E-state index is 0.0329. The number of rotatable bonds is 3. The second kappa shape index (κ2) is 8.04. The van der Waals surface area contributed by atoms with Gasteiger partial charge in [0.1, 0.15) is 0 Å². The zero-order chi connectivity index (χ0) is 18.7. The number of nitrogens with one attached hydrogen (secondary N) is 1. The lowest BCUT2D eigenvalue weighted by Crippen LogP contribution is -2.41. The molecule has 5 heteroatoms. The Balaban J connectivity index is 1.55. The van der Waals surface area contributed by atoms with Gasteiger partial charge in [-0.2, -0.15) is 0 Å². The first-order valence-corrected chi connectivity index (χ1v) is 9.66. The molecular weight excluding hydrogens is 392 g/mol. The minimum Gasteiger partial charge on any atom is -0.339 e. The highest BCUT2D eigenvalue weighted by Gasteiger charge is 2.27. The lowest BCUT2D eigenvalue weighted by molar-refractivity contribution is -0.121. The minimum atomic E-state index is -0.0504. The van der Waals surface area contributed by atoms with Gasteiger partial charge < -0.3 is 10.2 Å². The van der Waals surface area contributed by atoms with Crippen LogP contribution in [0.2, 0.25) is 0 Å². The number of amides is 2. The van der Waals surface area contributed by atoms with Gasteiger partial charge in [0, 0.05) is 34.7 Å². The zero-order valence-electron chi connectivity index (χ0n) is 15.1. The lowest BCUT2D eigenvalue weighted by Gasteiger charge is -2.31. The van der Waals surface area contributed by atoms with Crippen LogP contribution in [0, 0.1) is 19.8 Å². The number of anilines is 1. The summed E-state index contributed by atoms with van der Waals surface area (Å²) in [6.07, 6.45) is 1.39. The molecule has 2 amide bonds. The van der Waals surface area contributed by atoms with Crippen LogP contribution in [0.3, 0.4) is 0 Å². The summed E-state index contributed by atoms with van der Waals surface area (Å²) < 4.78 is 0.954. The van der Waals surface area contributed by atoms with Gasteiger partial charge in [0.15, 0.2) is 0 Å². The molecule has 2 aromatic carbocycles. The van der Waals surface area contributed by atoms with Gasteiger partial charge >= 0.3 is 0 Å². The number of benzene rings is 2. The maximum absolute atomic E-state index is 12.6. The lowest BCUT2D eigenvalue weighted by atomic mass is 9.95. The Hall–Kier alpha value is -2.14. The average Bonchev–Trinajstić information content (AvgIpc) is 2.65. The molecule has 1 fully saturated rings. The van der Waals surface area contributed by atoms with Crippen LogP contribution in [0.5, 0.6) is 0 Å². The van der Waals surface area contributed by atoms with Crippen LogP contribution in [0.1, 0.15) is 34.3 Å². The summed E-state index contributed by atoms with van der Waals surface area (Å²) >= 11 is 3.38. The molecule has 1 saturated heterocycles. The molecule has 0 spiro atoms. The molecule has 1 heterocycles. The van der Waals surface area contributed by atoms with Crippen molar-refractivity contribution >= 4 is 33.4 Å². The fraction of sp³-hybridized carbons (Fsp3) is 0.333. The van der Waals surface area contributed by atoms with E-state index in [1.54, 1.807) is 0 Å². The molecule has 0 aliphatic carbocycles. The fourth-order valence-electron chi connectivity index (χ4n) is 3.18. The van der Waals surface area contributed by atoms with Crippen LogP contribution in [-0.4, -0.2) is 29.8 Å². The van der Waals surface area contributed by atoms with E-state index < -0.39 is 0 Å². The average molecular weight is 415 g/mol. The first-order valence-electron chi connectivity index (χ1n) is 8.87. The molecule has 0 atom stereocenters. The van der Waals surface area contributed by atoms with Crippen LogP contribution in [-0.2, 0) is 4.79 Å². The fourth-order valence-corrected chi connectivity index (χ4v) is 3.45. The SMILES string of the molecule is Cc1ccc(NC(=O)C2CCN(C(=O)c3ccc(Br)cc3)CC2)cc1C. The number of halogens is 1. The predicted octanol–water partition coefficient (Wildman–Crippen LogP) is 4.56. The van der Waals surface area contributed by atoms with Crippen LogP contribution >= 0.6 is 15.9 Å². The molecule has 136 valence electrons. The normalized spacial score (nSPS) is 15.0. The van der Waals surface area contributed by atoms with Crippen LogP contribution in [0.25, 0.3) is 0 Å². The number of carbonyl (C=O) groups is 2. The molecule has 0 aromatic heterocycles. The Labute approximate surface area is 162 Å². The maximum Gasteiger partial charge on any atom is 0.253 e. The van der Waals surface area contributed by atoms with Gasteiger partial charge in [0.2, 0.25) is 5.91 Å². The maximum atomic E-state index is 12.6. The largest absolute Gasteiger partial charge is 0.339 e. The second-order valence-electron chi connectivity index (χ2n) is 6.86. The van der Waals surface area contributed by atoms with Crippen molar-refractivity contribution in [2.75, 3.05) is 18.4 Å². The number of carbonyl (C=O) groups excluding carboxylic acids is 2. The smallest absolute Gasteiger partial charge is 0.253 e. The summed E-state index contributed by atoms with van der Waals surface area (Å²) in [6.45, 7) is 5.32. The number of likely N-dealkylation sites (tertiary alicyclic amines) is 1. The number of piperidine rings is 1.